The molecule has 3 N–H and O–H groups in total. The number of ether oxygens (including phenoxy) is 2. The molecule has 1 aliphatic carbocycles. The van der Waals surface area contributed by atoms with Crippen LogP contribution in [0.4, 0.5) is 16.4 Å². The van der Waals surface area contributed by atoms with Gasteiger partial charge < -0.3 is 20.1 Å². The van der Waals surface area contributed by atoms with E-state index in [0.29, 0.717) is 25.7 Å². The monoisotopic (exact) mass is 385 g/mol. The highest BCUT2D eigenvalue weighted by Gasteiger charge is 2.30. The van der Waals surface area contributed by atoms with Gasteiger partial charge in [0, 0.05) is 29.6 Å². The van der Waals surface area contributed by atoms with Crippen molar-refractivity contribution in [2.24, 2.45) is 5.41 Å². The molecule has 28 heavy (non-hydrogen) atoms. The van der Waals surface area contributed by atoms with Gasteiger partial charge in [-0.25, -0.2) is 9.78 Å². The third-order valence-corrected chi connectivity index (χ3v) is 5.21. The Balaban J connectivity index is 1.54. The molecule has 1 saturated carbocycles. The second kappa shape index (κ2) is 7.79. The number of amides is 1. The van der Waals surface area contributed by atoms with Crippen molar-refractivity contribution in [3.05, 3.63) is 35.7 Å². The number of anilines is 2. The zero-order chi connectivity index (χ0) is 19.6. The maximum absolute atomic E-state index is 12.2. The third-order valence-electron chi connectivity index (χ3n) is 5.21. The summed E-state index contributed by atoms with van der Waals surface area (Å²) >= 11 is 0. The fourth-order valence-corrected chi connectivity index (χ4v) is 3.69. The fourth-order valence-electron chi connectivity index (χ4n) is 3.69. The molecule has 0 spiro atoms. The van der Waals surface area contributed by atoms with E-state index in [4.69, 9.17) is 9.47 Å². The number of aromatic amines is 1. The van der Waals surface area contributed by atoms with E-state index >= 15 is 0 Å². The Hall–Kier alpha value is -2.61. The van der Waals surface area contributed by atoms with Crippen LogP contribution in [0.5, 0.6) is 0 Å². The minimum atomic E-state index is -0.360. The molecule has 3 heterocycles. The van der Waals surface area contributed by atoms with Gasteiger partial charge in [0.05, 0.1) is 18.9 Å². The Kier molecular flexibility index (Phi) is 5.21. The van der Waals surface area contributed by atoms with Gasteiger partial charge in [-0.3, -0.25) is 5.10 Å². The first-order valence-corrected chi connectivity index (χ1v) is 9.77. The first-order chi connectivity index (χ1) is 13.5. The molecule has 0 radical (unpaired) electrons. The van der Waals surface area contributed by atoms with Crippen LogP contribution < -0.4 is 10.6 Å². The molecule has 2 aromatic rings. The van der Waals surface area contributed by atoms with Crippen LogP contribution in [0.15, 0.2) is 24.3 Å². The van der Waals surface area contributed by atoms with E-state index in [1.807, 2.05) is 24.3 Å². The molecule has 1 amide bonds. The summed E-state index contributed by atoms with van der Waals surface area (Å²) < 4.78 is 11.5. The SMILES string of the molecule is CC1(C)CNC(=O)O[C@@H]2CC[C@@H](C2)c2cc(n[nH]2)Nc2cccc(n2)COC1. The molecule has 4 rings (SSSR count). The van der Waals surface area contributed by atoms with Crippen LogP contribution in [0.25, 0.3) is 0 Å². The molecule has 0 unspecified atom stereocenters. The second-order valence-electron chi connectivity index (χ2n) is 8.40. The lowest BCUT2D eigenvalue weighted by Gasteiger charge is -2.25. The molecule has 0 aromatic carbocycles. The predicted octanol–water partition coefficient (Wildman–Crippen LogP) is 3.47. The lowest BCUT2D eigenvalue weighted by molar-refractivity contribution is 0.0462. The number of hydrogen-bond acceptors (Lipinski definition) is 6. The number of carbonyl (C=O) groups excluding carboxylic acids is 1. The zero-order valence-corrected chi connectivity index (χ0v) is 16.3. The molecule has 2 aliphatic rings. The van der Waals surface area contributed by atoms with Crippen molar-refractivity contribution in [2.45, 2.75) is 51.7 Å². The molecule has 6 bridgehead atoms. The van der Waals surface area contributed by atoms with E-state index in [1.165, 1.54) is 0 Å². The summed E-state index contributed by atoms with van der Waals surface area (Å²) in [5.74, 6) is 1.77. The normalized spacial score (nSPS) is 25.0. The average molecular weight is 385 g/mol. The highest BCUT2D eigenvalue weighted by atomic mass is 16.6. The van der Waals surface area contributed by atoms with Gasteiger partial charge in [-0.05, 0) is 31.4 Å². The Morgan fingerprint density at radius 3 is 3.00 bits per heavy atom. The molecule has 0 saturated heterocycles. The Bertz CT molecular complexity index is 835. The van der Waals surface area contributed by atoms with Crippen molar-refractivity contribution < 1.29 is 14.3 Å². The van der Waals surface area contributed by atoms with E-state index in [1.54, 1.807) is 0 Å². The van der Waals surface area contributed by atoms with Crippen molar-refractivity contribution in [3.8, 4) is 0 Å². The number of nitrogens with one attached hydrogen (secondary N) is 3. The maximum atomic E-state index is 12.2. The average Bonchev–Trinajstić information content (AvgIpc) is 3.29. The number of H-pyrrole nitrogens is 1. The summed E-state index contributed by atoms with van der Waals surface area (Å²) in [7, 11) is 0. The number of pyridine rings is 1. The van der Waals surface area contributed by atoms with E-state index in [0.717, 1.165) is 42.3 Å². The Morgan fingerprint density at radius 1 is 1.21 bits per heavy atom. The van der Waals surface area contributed by atoms with Gasteiger partial charge in [0.15, 0.2) is 5.82 Å². The molecule has 8 nitrogen and oxygen atoms in total. The minimum Gasteiger partial charge on any atom is -0.446 e. The number of rotatable bonds is 0. The molecule has 8 heteroatoms. The van der Waals surface area contributed by atoms with Gasteiger partial charge >= 0.3 is 6.09 Å². The third kappa shape index (κ3) is 4.62. The number of alkyl carbamates (subject to hydrolysis) is 1. The summed E-state index contributed by atoms with van der Waals surface area (Å²) in [5, 5.41) is 13.6. The van der Waals surface area contributed by atoms with Crippen LogP contribution >= 0.6 is 0 Å². The summed E-state index contributed by atoms with van der Waals surface area (Å²) in [5.41, 5.74) is 1.68. The first-order valence-electron chi connectivity index (χ1n) is 9.77. The van der Waals surface area contributed by atoms with Gasteiger partial charge in [0.2, 0.25) is 0 Å². The predicted molar refractivity (Wildman–Crippen MR) is 104 cm³/mol. The summed E-state index contributed by atoms with van der Waals surface area (Å²) in [6.07, 6.45) is 2.19. The Morgan fingerprint density at radius 2 is 2.11 bits per heavy atom. The molecular formula is C20H27N5O3. The number of aromatic nitrogens is 3. The van der Waals surface area contributed by atoms with Crippen LogP contribution in [-0.4, -0.2) is 40.5 Å². The fraction of sp³-hybridized carbons (Fsp3) is 0.550. The smallest absolute Gasteiger partial charge is 0.407 e. The quantitative estimate of drug-likeness (QED) is 0.642. The molecule has 1 aliphatic heterocycles. The van der Waals surface area contributed by atoms with Gasteiger partial charge in [-0.1, -0.05) is 19.9 Å². The van der Waals surface area contributed by atoms with Crippen LogP contribution in [0.2, 0.25) is 0 Å². The van der Waals surface area contributed by atoms with E-state index < -0.39 is 0 Å². The van der Waals surface area contributed by atoms with Crippen LogP contribution in [0.3, 0.4) is 0 Å². The largest absolute Gasteiger partial charge is 0.446 e. The second-order valence-corrected chi connectivity index (χ2v) is 8.40. The molecular weight excluding hydrogens is 358 g/mol. The summed E-state index contributed by atoms with van der Waals surface area (Å²) in [6.45, 7) is 5.49. The molecule has 150 valence electrons. The topological polar surface area (TPSA) is 101 Å². The number of nitrogens with zero attached hydrogens (tertiary/aromatic N) is 2. The van der Waals surface area contributed by atoms with Gasteiger partial charge in [0.25, 0.3) is 0 Å². The van der Waals surface area contributed by atoms with Crippen molar-refractivity contribution >= 4 is 17.7 Å². The first kappa shape index (κ1) is 18.7. The van der Waals surface area contributed by atoms with E-state index in [2.05, 4.69) is 39.7 Å². The van der Waals surface area contributed by atoms with Crippen molar-refractivity contribution in [2.75, 3.05) is 18.5 Å². The maximum Gasteiger partial charge on any atom is 0.407 e. The summed E-state index contributed by atoms with van der Waals surface area (Å²) in [4.78, 5) is 16.8. The van der Waals surface area contributed by atoms with E-state index in [9.17, 15) is 4.79 Å². The number of hydrogen-bond donors (Lipinski definition) is 3. The van der Waals surface area contributed by atoms with Crippen molar-refractivity contribution in [3.63, 3.8) is 0 Å². The standard InChI is InChI=1S/C20H27N5O3/c1-20(2)11-21-19(26)28-15-7-6-13(8-15)16-9-18(25-24-16)23-17-5-3-4-14(22-17)10-27-12-20/h3-5,9,13,15H,6-8,10-12H2,1-2H3,(H,21,26)(H2,22,23,24,25)/t13-,15+/m0/s1. The number of carbonyl (C=O) groups is 1. The molecule has 2 atom stereocenters. The van der Waals surface area contributed by atoms with Crippen molar-refractivity contribution in [1.29, 1.82) is 0 Å². The molecule has 2 aromatic heterocycles. The van der Waals surface area contributed by atoms with Gasteiger partial charge in [-0.15, -0.1) is 0 Å². The lowest BCUT2D eigenvalue weighted by Crippen LogP contribution is -2.38. The Labute approximate surface area is 164 Å². The summed E-state index contributed by atoms with van der Waals surface area (Å²) in [6, 6.07) is 7.80. The van der Waals surface area contributed by atoms with Crippen LogP contribution in [0.1, 0.15) is 50.4 Å². The van der Waals surface area contributed by atoms with Crippen LogP contribution in [0, 0.1) is 5.41 Å². The molecule has 1 fully saturated rings. The minimum absolute atomic E-state index is 0.0682. The zero-order valence-electron chi connectivity index (χ0n) is 16.3. The highest BCUT2D eigenvalue weighted by molar-refractivity contribution is 5.67. The van der Waals surface area contributed by atoms with Crippen molar-refractivity contribution in [1.82, 2.24) is 20.5 Å². The lowest BCUT2D eigenvalue weighted by atomic mass is 9.95. The highest BCUT2D eigenvalue weighted by Crippen LogP contribution is 2.36. The van der Waals surface area contributed by atoms with Crippen LogP contribution in [-0.2, 0) is 16.1 Å². The number of fused-ring (bicyclic) bond motifs is 7. The van der Waals surface area contributed by atoms with Gasteiger partial charge in [0.1, 0.15) is 11.9 Å². The van der Waals surface area contributed by atoms with E-state index in [-0.39, 0.29) is 17.6 Å². The van der Waals surface area contributed by atoms with Gasteiger partial charge in [-0.2, -0.15) is 5.10 Å².